The Balaban J connectivity index is 1.63. The van der Waals surface area contributed by atoms with Gasteiger partial charge in [0.05, 0.1) is 49.5 Å². The van der Waals surface area contributed by atoms with E-state index in [2.05, 4.69) is 33.9 Å². The van der Waals surface area contributed by atoms with Crippen molar-refractivity contribution in [2.24, 2.45) is 0 Å². The van der Waals surface area contributed by atoms with E-state index in [9.17, 15) is 8.42 Å². The van der Waals surface area contributed by atoms with Gasteiger partial charge < -0.3 is 13.9 Å². The van der Waals surface area contributed by atoms with Gasteiger partial charge in [0.15, 0.2) is 8.32 Å². The molecule has 0 radical (unpaired) electrons. The van der Waals surface area contributed by atoms with Crippen LogP contribution in [0.25, 0.3) is 0 Å². The van der Waals surface area contributed by atoms with E-state index in [0.29, 0.717) is 13.2 Å². The molecule has 3 atom stereocenters. The molecule has 40 heavy (non-hydrogen) atoms. The highest BCUT2D eigenvalue weighted by molar-refractivity contribution is 7.89. The molecule has 0 unspecified atom stereocenters. The third-order valence-electron chi connectivity index (χ3n) is 8.12. The summed E-state index contributed by atoms with van der Waals surface area (Å²) in [6.45, 7) is 14.1. The van der Waals surface area contributed by atoms with Gasteiger partial charge in [-0.15, -0.1) is 0 Å². The SMILES string of the molecule is Cc1ccc(S(=O)(=O)N2[C@@H](COCc3ccccc3)[C@H](OCc3ccccc3)[C@@H]2CO[Si](C)(C)C(C)(C)C)cc1. The lowest BCUT2D eigenvalue weighted by Crippen LogP contribution is -2.73. The Labute approximate surface area is 241 Å². The Kier molecular flexibility index (Phi) is 9.70. The van der Waals surface area contributed by atoms with Gasteiger partial charge in [-0.3, -0.25) is 0 Å². The van der Waals surface area contributed by atoms with Gasteiger partial charge in [-0.2, -0.15) is 4.31 Å². The molecular formula is C32H43NO5SSi. The first-order valence-corrected chi connectivity index (χ1v) is 18.3. The van der Waals surface area contributed by atoms with Crippen LogP contribution in [0.1, 0.15) is 37.5 Å². The summed E-state index contributed by atoms with van der Waals surface area (Å²) in [6, 6.07) is 25.9. The molecule has 0 aromatic heterocycles. The van der Waals surface area contributed by atoms with E-state index in [1.54, 1.807) is 16.4 Å². The maximum absolute atomic E-state index is 14.1. The van der Waals surface area contributed by atoms with Gasteiger partial charge in [-0.05, 0) is 48.3 Å². The van der Waals surface area contributed by atoms with Crippen LogP contribution in [-0.4, -0.2) is 52.4 Å². The van der Waals surface area contributed by atoms with Crippen molar-refractivity contribution < 1.29 is 22.3 Å². The molecule has 1 heterocycles. The quantitative estimate of drug-likeness (QED) is 0.227. The van der Waals surface area contributed by atoms with Crippen LogP contribution < -0.4 is 0 Å². The second kappa shape index (κ2) is 12.7. The third kappa shape index (κ3) is 7.11. The van der Waals surface area contributed by atoms with Crippen molar-refractivity contribution >= 4 is 18.3 Å². The number of aryl methyl sites for hydroxylation is 1. The molecule has 1 aliphatic rings. The second-order valence-electron chi connectivity index (χ2n) is 12.1. The molecule has 3 aromatic rings. The van der Waals surface area contributed by atoms with Crippen molar-refractivity contribution in [1.29, 1.82) is 0 Å². The van der Waals surface area contributed by atoms with Crippen LogP contribution in [0, 0.1) is 6.92 Å². The molecule has 0 saturated carbocycles. The normalized spacial score (nSPS) is 20.3. The zero-order chi connectivity index (χ0) is 29.0. The van der Waals surface area contributed by atoms with Crippen LogP contribution in [-0.2, 0) is 37.1 Å². The highest BCUT2D eigenvalue weighted by Crippen LogP contribution is 2.40. The Hall–Kier alpha value is -2.33. The van der Waals surface area contributed by atoms with Gasteiger partial charge in [0, 0.05) is 0 Å². The highest BCUT2D eigenvalue weighted by Gasteiger charge is 2.56. The zero-order valence-electron chi connectivity index (χ0n) is 24.5. The molecule has 3 aromatic carbocycles. The monoisotopic (exact) mass is 581 g/mol. The molecule has 1 saturated heterocycles. The standard InChI is InChI=1S/C32H43NO5SSi/c1-25-17-19-28(20-18-25)39(34,35)33-29(23-36-21-26-13-9-7-10-14-26)31(37-22-27-15-11-8-12-16-27)30(33)24-38-40(5,6)32(2,3)4/h7-20,29-31H,21-24H2,1-6H3/t29-,30-,31-/m0/s1. The third-order valence-corrected chi connectivity index (χ3v) is 14.6. The summed E-state index contributed by atoms with van der Waals surface area (Å²) in [7, 11) is -5.96. The van der Waals surface area contributed by atoms with Crippen molar-refractivity contribution in [2.75, 3.05) is 13.2 Å². The fourth-order valence-electron chi connectivity index (χ4n) is 4.59. The summed E-state index contributed by atoms with van der Waals surface area (Å²) >= 11 is 0. The first-order valence-electron chi connectivity index (χ1n) is 13.9. The lowest BCUT2D eigenvalue weighted by molar-refractivity contribution is -0.148. The van der Waals surface area contributed by atoms with Gasteiger partial charge in [0.2, 0.25) is 10.0 Å². The molecule has 0 N–H and O–H groups in total. The molecule has 6 nitrogen and oxygen atoms in total. The largest absolute Gasteiger partial charge is 0.415 e. The number of ether oxygens (including phenoxy) is 2. The summed E-state index contributed by atoms with van der Waals surface area (Å²) in [5.74, 6) is 0. The van der Waals surface area contributed by atoms with Crippen LogP contribution in [0.2, 0.25) is 18.1 Å². The average molecular weight is 582 g/mol. The smallest absolute Gasteiger partial charge is 0.243 e. The predicted octanol–water partition coefficient (Wildman–Crippen LogP) is 6.56. The molecule has 0 bridgehead atoms. The van der Waals surface area contributed by atoms with Crippen molar-refractivity contribution in [3.8, 4) is 0 Å². The zero-order valence-corrected chi connectivity index (χ0v) is 26.4. The highest BCUT2D eigenvalue weighted by atomic mass is 32.2. The second-order valence-corrected chi connectivity index (χ2v) is 18.8. The molecule has 216 valence electrons. The van der Waals surface area contributed by atoms with E-state index < -0.39 is 30.4 Å². The molecule has 8 heteroatoms. The minimum absolute atomic E-state index is 0.00397. The van der Waals surface area contributed by atoms with Gasteiger partial charge in [-0.1, -0.05) is 99.1 Å². The summed E-state index contributed by atoms with van der Waals surface area (Å²) in [5, 5.41) is -0.00397. The fourth-order valence-corrected chi connectivity index (χ4v) is 7.40. The van der Waals surface area contributed by atoms with Crippen LogP contribution >= 0.6 is 0 Å². The fraction of sp³-hybridized carbons (Fsp3) is 0.438. The van der Waals surface area contributed by atoms with Gasteiger partial charge in [0.1, 0.15) is 0 Å². The van der Waals surface area contributed by atoms with Crippen LogP contribution in [0.3, 0.4) is 0 Å². The Morgan fingerprint density at radius 1 is 0.775 bits per heavy atom. The van der Waals surface area contributed by atoms with Crippen LogP contribution in [0.15, 0.2) is 89.8 Å². The van der Waals surface area contributed by atoms with Crippen molar-refractivity contribution in [3.05, 3.63) is 102 Å². The Morgan fingerprint density at radius 2 is 1.30 bits per heavy atom. The van der Waals surface area contributed by atoms with Crippen molar-refractivity contribution in [1.82, 2.24) is 4.31 Å². The number of benzene rings is 3. The summed E-state index contributed by atoms with van der Waals surface area (Å²) < 4.78 is 48.9. The number of hydrogen-bond acceptors (Lipinski definition) is 5. The lowest BCUT2D eigenvalue weighted by Gasteiger charge is -2.53. The van der Waals surface area contributed by atoms with E-state index >= 15 is 0 Å². The average Bonchev–Trinajstić information content (AvgIpc) is 2.90. The first-order chi connectivity index (χ1) is 18.9. The maximum Gasteiger partial charge on any atom is 0.243 e. The minimum atomic E-state index is -3.82. The molecule has 0 aliphatic carbocycles. The number of hydrogen-bond donors (Lipinski definition) is 0. The van der Waals surface area contributed by atoms with Crippen molar-refractivity contribution in [3.63, 3.8) is 0 Å². The predicted molar refractivity (Wildman–Crippen MR) is 162 cm³/mol. The Bertz CT molecular complexity index is 1330. The maximum atomic E-state index is 14.1. The summed E-state index contributed by atoms with van der Waals surface area (Å²) in [5.41, 5.74) is 3.08. The lowest BCUT2D eigenvalue weighted by atomic mass is 9.93. The molecule has 0 spiro atoms. The van der Waals surface area contributed by atoms with E-state index in [-0.39, 0.29) is 29.3 Å². The van der Waals surface area contributed by atoms with E-state index in [1.807, 2.05) is 79.7 Å². The van der Waals surface area contributed by atoms with E-state index in [0.717, 1.165) is 16.7 Å². The van der Waals surface area contributed by atoms with Gasteiger partial charge in [0.25, 0.3) is 0 Å². The number of sulfonamides is 1. The molecule has 1 aliphatic heterocycles. The summed E-state index contributed by atoms with van der Waals surface area (Å²) in [4.78, 5) is 0.269. The number of rotatable bonds is 12. The van der Waals surface area contributed by atoms with Gasteiger partial charge >= 0.3 is 0 Å². The molecule has 4 rings (SSSR count). The molecular weight excluding hydrogens is 539 g/mol. The number of nitrogens with zero attached hydrogens (tertiary/aromatic N) is 1. The summed E-state index contributed by atoms with van der Waals surface area (Å²) in [6.07, 6.45) is -0.374. The Morgan fingerprint density at radius 3 is 1.85 bits per heavy atom. The topological polar surface area (TPSA) is 65.1 Å². The van der Waals surface area contributed by atoms with Crippen molar-refractivity contribution in [2.45, 2.75) is 82.1 Å². The van der Waals surface area contributed by atoms with Crippen LogP contribution in [0.5, 0.6) is 0 Å². The van der Waals surface area contributed by atoms with Gasteiger partial charge in [-0.25, -0.2) is 8.42 Å². The molecule has 1 fully saturated rings. The van der Waals surface area contributed by atoms with E-state index in [1.165, 1.54) is 0 Å². The first kappa shape index (κ1) is 30.6. The van der Waals surface area contributed by atoms with E-state index in [4.69, 9.17) is 13.9 Å². The van der Waals surface area contributed by atoms with Crippen LogP contribution in [0.4, 0.5) is 0 Å². The minimum Gasteiger partial charge on any atom is -0.415 e. The molecule has 0 amide bonds.